The maximum Gasteiger partial charge on any atom is 0.105 e. The summed E-state index contributed by atoms with van der Waals surface area (Å²) in [6, 6.07) is 5.88. The fourth-order valence-corrected chi connectivity index (χ4v) is 3.53. The highest BCUT2D eigenvalue weighted by Crippen LogP contribution is 2.41. The summed E-state index contributed by atoms with van der Waals surface area (Å²) in [5, 5.41) is 11.2. The molecule has 0 atom stereocenters. The van der Waals surface area contributed by atoms with Crippen molar-refractivity contribution in [2.45, 2.75) is 4.90 Å². The third-order valence-electron chi connectivity index (χ3n) is 2.10. The number of nitrogens with zero attached hydrogens (tertiary/aromatic N) is 1. The van der Waals surface area contributed by atoms with Crippen molar-refractivity contribution in [3.05, 3.63) is 22.7 Å². The van der Waals surface area contributed by atoms with Crippen molar-refractivity contribution in [1.29, 1.82) is 5.26 Å². The first-order valence-electron chi connectivity index (χ1n) is 4.13. The van der Waals surface area contributed by atoms with E-state index in [-0.39, 0.29) is 0 Å². The molecule has 5 heteroatoms. The van der Waals surface area contributed by atoms with E-state index in [0.29, 0.717) is 15.6 Å². The van der Waals surface area contributed by atoms with E-state index >= 15 is 0 Å². The van der Waals surface area contributed by atoms with Crippen molar-refractivity contribution in [3.8, 4) is 6.07 Å². The van der Waals surface area contributed by atoms with Crippen LogP contribution in [-0.4, -0.2) is 6.26 Å². The van der Waals surface area contributed by atoms with Crippen molar-refractivity contribution in [2.75, 3.05) is 12.0 Å². The number of thioether (sulfide) groups is 1. The minimum Gasteiger partial charge on any atom is -0.389 e. The molecule has 0 radical (unpaired) electrons. The van der Waals surface area contributed by atoms with E-state index in [1.165, 1.54) is 23.1 Å². The molecule has 0 bridgehead atoms. The molecule has 2 rings (SSSR count). The molecule has 0 saturated carbocycles. The second kappa shape index (κ2) is 3.93. The van der Waals surface area contributed by atoms with Gasteiger partial charge >= 0.3 is 0 Å². The Bertz CT molecular complexity index is 569. The standard InChI is InChI=1S/C10H7ClN2S2/c1-14-9-6(11)2-3-7-8(9)5(4-12)10(13)15-7/h2-3H,13H2,1H3. The molecule has 0 amide bonds. The second-order valence-electron chi connectivity index (χ2n) is 2.91. The van der Waals surface area contributed by atoms with Crippen molar-refractivity contribution in [3.63, 3.8) is 0 Å². The Morgan fingerprint density at radius 3 is 2.87 bits per heavy atom. The van der Waals surface area contributed by atoms with Gasteiger partial charge in [-0.3, -0.25) is 0 Å². The van der Waals surface area contributed by atoms with Gasteiger partial charge in [0, 0.05) is 15.0 Å². The highest BCUT2D eigenvalue weighted by molar-refractivity contribution is 7.99. The number of halogens is 1. The summed E-state index contributed by atoms with van der Waals surface area (Å²) in [6.45, 7) is 0. The number of hydrogen-bond acceptors (Lipinski definition) is 4. The van der Waals surface area contributed by atoms with Crippen molar-refractivity contribution in [1.82, 2.24) is 0 Å². The zero-order valence-electron chi connectivity index (χ0n) is 7.87. The van der Waals surface area contributed by atoms with Gasteiger partial charge in [-0.1, -0.05) is 11.6 Å². The lowest BCUT2D eigenvalue weighted by atomic mass is 10.2. The fraction of sp³-hybridized carbons (Fsp3) is 0.100. The lowest BCUT2D eigenvalue weighted by Gasteiger charge is -2.02. The van der Waals surface area contributed by atoms with Crippen LogP contribution >= 0.6 is 34.7 Å². The van der Waals surface area contributed by atoms with Crippen LogP contribution in [0.25, 0.3) is 10.1 Å². The molecule has 0 aliphatic carbocycles. The Hall–Kier alpha value is -0.890. The first-order valence-corrected chi connectivity index (χ1v) is 6.55. The highest BCUT2D eigenvalue weighted by Gasteiger charge is 2.15. The van der Waals surface area contributed by atoms with Crippen LogP contribution in [0.4, 0.5) is 5.00 Å². The Balaban J connectivity index is 2.96. The zero-order valence-corrected chi connectivity index (χ0v) is 10.3. The van der Waals surface area contributed by atoms with E-state index < -0.39 is 0 Å². The van der Waals surface area contributed by atoms with Gasteiger partial charge in [0.05, 0.1) is 10.6 Å². The van der Waals surface area contributed by atoms with Crippen LogP contribution in [0.1, 0.15) is 5.56 Å². The quantitative estimate of drug-likeness (QED) is 0.789. The van der Waals surface area contributed by atoms with Crippen LogP contribution in [0.3, 0.4) is 0 Å². The average Bonchev–Trinajstić information content (AvgIpc) is 2.54. The lowest BCUT2D eigenvalue weighted by molar-refractivity contribution is 1.50. The SMILES string of the molecule is CSc1c(Cl)ccc2sc(N)c(C#N)c12. The van der Waals surface area contributed by atoms with E-state index in [1.807, 2.05) is 18.4 Å². The van der Waals surface area contributed by atoms with Gasteiger partial charge in [0.15, 0.2) is 0 Å². The van der Waals surface area contributed by atoms with Gasteiger partial charge in [-0.2, -0.15) is 5.26 Å². The smallest absolute Gasteiger partial charge is 0.105 e. The molecule has 1 aromatic carbocycles. The maximum absolute atomic E-state index is 9.04. The molecule has 1 aromatic heterocycles. The highest BCUT2D eigenvalue weighted by atomic mass is 35.5. The molecule has 2 aromatic rings. The summed E-state index contributed by atoms with van der Waals surface area (Å²) in [6.07, 6.45) is 1.94. The molecule has 0 spiro atoms. The first-order chi connectivity index (χ1) is 7.19. The average molecular weight is 255 g/mol. The van der Waals surface area contributed by atoms with Crippen LogP contribution in [0, 0.1) is 11.3 Å². The van der Waals surface area contributed by atoms with E-state index in [2.05, 4.69) is 6.07 Å². The molecular formula is C10H7ClN2S2. The Kier molecular flexibility index (Phi) is 2.79. The van der Waals surface area contributed by atoms with Gasteiger partial charge in [-0.05, 0) is 18.4 Å². The topological polar surface area (TPSA) is 49.8 Å². The number of nitrogen functional groups attached to an aromatic ring is 1. The van der Waals surface area contributed by atoms with E-state index in [9.17, 15) is 0 Å². The van der Waals surface area contributed by atoms with Crippen molar-refractivity contribution in [2.24, 2.45) is 0 Å². The number of hydrogen-bond donors (Lipinski definition) is 1. The molecule has 0 saturated heterocycles. The maximum atomic E-state index is 9.04. The number of nitrogens with two attached hydrogens (primary N) is 1. The van der Waals surface area contributed by atoms with Crippen LogP contribution in [0.15, 0.2) is 17.0 Å². The Labute approximate surface area is 101 Å². The first kappa shape index (κ1) is 10.6. The summed E-state index contributed by atoms with van der Waals surface area (Å²) >= 11 is 9.04. The number of rotatable bonds is 1. The van der Waals surface area contributed by atoms with Gasteiger partial charge in [0.2, 0.25) is 0 Å². The molecule has 2 nitrogen and oxygen atoms in total. The van der Waals surface area contributed by atoms with Crippen LogP contribution < -0.4 is 5.73 Å². The van der Waals surface area contributed by atoms with E-state index in [0.717, 1.165) is 15.0 Å². The minimum atomic E-state index is 0.543. The van der Waals surface area contributed by atoms with E-state index in [1.54, 1.807) is 0 Å². The Morgan fingerprint density at radius 2 is 2.27 bits per heavy atom. The molecule has 0 aliphatic rings. The summed E-state index contributed by atoms with van der Waals surface area (Å²) in [4.78, 5) is 0.929. The predicted octanol–water partition coefficient (Wildman–Crippen LogP) is 3.73. The van der Waals surface area contributed by atoms with Crippen LogP contribution in [0.2, 0.25) is 5.02 Å². The second-order valence-corrected chi connectivity index (χ2v) is 5.21. The summed E-state index contributed by atoms with van der Waals surface area (Å²) in [5.41, 5.74) is 6.32. The van der Waals surface area contributed by atoms with Crippen molar-refractivity contribution >= 4 is 49.8 Å². The third-order valence-corrected chi connectivity index (χ3v) is 4.35. The van der Waals surface area contributed by atoms with Gasteiger partial charge in [0.1, 0.15) is 11.1 Å². The largest absolute Gasteiger partial charge is 0.389 e. The summed E-state index contributed by atoms with van der Waals surface area (Å²) in [7, 11) is 0. The van der Waals surface area contributed by atoms with Crippen LogP contribution in [-0.2, 0) is 0 Å². The van der Waals surface area contributed by atoms with Gasteiger partial charge in [-0.15, -0.1) is 23.1 Å². The summed E-state index contributed by atoms with van der Waals surface area (Å²) < 4.78 is 1.01. The Morgan fingerprint density at radius 1 is 1.53 bits per heavy atom. The summed E-state index contributed by atoms with van der Waals surface area (Å²) in [5.74, 6) is 0. The number of thiophene rings is 1. The number of benzene rings is 1. The predicted molar refractivity (Wildman–Crippen MR) is 67.7 cm³/mol. The molecule has 76 valence electrons. The number of nitriles is 1. The fourth-order valence-electron chi connectivity index (χ4n) is 1.46. The molecule has 1 heterocycles. The molecule has 0 fully saturated rings. The number of anilines is 1. The zero-order chi connectivity index (χ0) is 11.0. The van der Waals surface area contributed by atoms with Gasteiger partial charge in [0.25, 0.3) is 0 Å². The monoisotopic (exact) mass is 254 g/mol. The van der Waals surface area contributed by atoms with Crippen LogP contribution in [0.5, 0.6) is 0 Å². The van der Waals surface area contributed by atoms with Gasteiger partial charge < -0.3 is 5.73 Å². The van der Waals surface area contributed by atoms with Crippen molar-refractivity contribution < 1.29 is 0 Å². The molecule has 15 heavy (non-hydrogen) atoms. The van der Waals surface area contributed by atoms with E-state index in [4.69, 9.17) is 22.6 Å². The van der Waals surface area contributed by atoms with Gasteiger partial charge in [-0.25, -0.2) is 0 Å². The molecule has 2 N–H and O–H groups in total. The third kappa shape index (κ3) is 1.57. The normalized spacial score (nSPS) is 10.5. The molecule has 0 aliphatic heterocycles. The molecule has 0 unspecified atom stereocenters. The number of fused-ring (bicyclic) bond motifs is 1. The molecular weight excluding hydrogens is 248 g/mol. The minimum absolute atomic E-state index is 0.543. The lowest BCUT2D eigenvalue weighted by Crippen LogP contribution is -1.84.